The number of anilines is 1. The Bertz CT molecular complexity index is 533. The number of nitrogens with one attached hydrogen (secondary N) is 1. The van der Waals surface area contributed by atoms with Gasteiger partial charge in [0.1, 0.15) is 0 Å². The highest BCUT2D eigenvalue weighted by molar-refractivity contribution is 6.61. The first-order valence-electron chi connectivity index (χ1n) is 6.93. The van der Waals surface area contributed by atoms with E-state index in [-0.39, 0.29) is 5.95 Å². The van der Waals surface area contributed by atoms with Crippen molar-refractivity contribution < 1.29 is 24.3 Å². The maximum Gasteiger partial charge on any atom is 0.498 e. The van der Waals surface area contributed by atoms with Crippen LogP contribution in [0.1, 0.15) is 27.7 Å². The predicted octanol–water partition coefficient (Wildman–Crippen LogP) is -0.932. The molecule has 1 fully saturated rings. The molecule has 1 atom stereocenters. The zero-order valence-electron chi connectivity index (χ0n) is 13.0. The van der Waals surface area contributed by atoms with Crippen molar-refractivity contribution in [2.75, 3.05) is 11.9 Å². The van der Waals surface area contributed by atoms with Crippen LogP contribution in [0.3, 0.4) is 0 Å². The van der Waals surface area contributed by atoms with Crippen LogP contribution in [-0.4, -0.2) is 57.1 Å². The van der Waals surface area contributed by atoms with Gasteiger partial charge in [-0.25, -0.2) is 9.97 Å². The van der Waals surface area contributed by atoms with E-state index < -0.39 is 36.9 Å². The van der Waals surface area contributed by atoms with Crippen molar-refractivity contribution in [3.05, 3.63) is 12.4 Å². The molecule has 2 rings (SSSR count). The average Bonchev–Trinajstić information content (AvgIpc) is 2.67. The monoisotopic (exact) mass is 309 g/mol. The van der Waals surface area contributed by atoms with Crippen LogP contribution in [0, 0.1) is 0 Å². The van der Waals surface area contributed by atoms with Gasteiger partial charge in [0, 0.05) is 17.9 Å². The van der Waals surface area contributed by atoms with Gasteiger partial charge in [0.05, 0.1) is 17.8 Å². The van der Waals surface area contributed by atoms with E-state index in [2.05, 4.69) is 15.3 Å². The molecule has 1 amide bonds. The van der Waals surface area contributed by atoms with Crippen molar-refractivity contribution in [1.82, 2.24) is 9.97 Å². The lowest BCUT2D eigenvalue weighted by Crippen LogP contribution is -2.41. The van der Waals surface area contributed by atoms with Gasteiger partial charge >= 0.3 is 7.12 Å². The number of hydrogen-bond donors (Lipinski definition) is 3. The summed E-state index contributed by atoms with van der Waals surface area (Å²) in [6.07, 6.45) is 1.46. The van der Waals surface area contributed by atoms with Gasteiger partial charge in [-0.1, -0.05) is 0 Å². The van der Waals surface area contributed by atoms with Crippen molar-refractivity contribution in [3.8, 4) is 0 Å². The Kier molecular flexibility index (Phi) is 4.53. The molecule has 120 valence electrons. The van der Waals surface area contributed by atoms with Gasteiger partial charge in [-0.15, -0.1) is 0 Å². The fraction of sp³-hybridized carbons (Fsp3) is 0.615. The van der Waals surface area contributed by atoms with Gasteiger partial charge in [-0.05, 0) is 27.7 Å². The Labute approximate surface area is 129 Å². The maximum absolute atomic E-state index is 11.4. The molecule has 0 aromatic carbocycles. The van der Waals surface area contributed by atoms with Gasteiger partial charge in [0.25, 0.3) is 5.91 Å². The molecule has 0 radical (unpaired) electrons. The summed E-state index contributed by atoms with van der Waals surface area (Å²) in [5, 5.41) is 20.1. The molecule has 22 heavy (non-hydrogen) atoms. The van der Waals surface area contributed by atoms with Crippen molar-refractivity contribution >= 4 is 24.4 Å². The molecule has 0 bridgehead atoms. The van der Waals surface area contributed by atoms with Gasteiger partial charge in [0.15, 0.2) is 6.10 Å². The van der Waals surface area contributed by atoms with Gasteiger partial charge < -0.3 is 19.5 Å². The maximum atomic E-state index is 11.4. The second-order valence-electron chi connectivity index (χ2n) is 6.12. The molecule has 2 heterocycles. The van der Waals surface area contributed by atoms with E-state index in [1.807, 2.05) is 27.7 Å². The number of carbonyl (C=O) groups is 1. The third-order valence-electron chi connectivity index (χ3n) is 3.91. The third-order valence-corrected chi connectivity index (χ3v) is 3.91. The number of nitrogens with zero attached hydrogens (tertiary/aromatic N) is 2. The van der Waals surface area contributed by atoms with Crippen LogP contribution in [0.2, 0.25) is 0 Å². The topological polar surface area (TPSA) is 114 Å². The standard InChI is InChI=1S/C13H20BN3O5/c1-12(2)13(3,4)22-14(21-12)8-5-15-11(16-6-8)17-10(20)9(19)7-18/h5-6,9,18-19H,7H2,1-4H3,(H,15,16,17,20)/t9-/m0/s1. The lowest BCUT2D eigenvalue weighted by Gasteiger charge is -2.32. The molecule has 1 aliphatic heterocycles. The molecule has 0 unspecified atom stereocenters. The summed E-state index contributed by atoms with van der Waals surface area (Å²) in [5.74, 6) is -0.747. The Morgan fingerprint density at radius 3 is 2.23 bits per heavy atom. The minimum absolute atomic E-state index is 0.0257. The van der Waals surface area contributed by atoms with E-state index in [0.29, 0.717) is 5.46 Å². The summed E-state index contributed by atoms with van der Waals surface area (Å²) < 4.78 is 11.7. The predicted molar refractivity (Wildman–Crippen MR) is 79.5 cm³/mol. The van der Waals surface area contributed by atoms with Crippen LogP contribution in [0.5, 0.6) is 0 Å². The van der Waals surface area contributed by atoms with E-state index in [4.69, 9.17) is 14.4 Å². The van der Waals surface area contributed by atoms with Crippen LogP contribution in [0.4, 0.5) is 5.95 Å². The van der Waals surface area contributed by atoms with E-state index in [9.17, 15) is 9.90 Å². The Morgan fingerprint density at radius 2 is 1.77 bits per heavy atom. The number of aliphatic hydroxyl groups excluding tert-OH is 2. The first-order valence-corrected chi connectivity index (χ1v) is 6.93. The smallest absolute Gasteiger partial charge is 0.399 e. The Balaban J connectivity index is 2.06. The fourth-order valence-corrected chi connectivity index (χ4v) is 1.78. The summed E-state index contributed by atoms with van der Waals surface area (Å²) >= 11 is 0. The molecule has 8 nitrogen and oxygen atoms in total. The van der Waals surface area contributed by atoms with Crippen LogP contribution < -0.4 is 10.8 Å². The first-order chi connectivity index (χ1) is 10.2. The van der Waals surface area contributed by atoms with E-state index >= 15 is 0 Å². The number of carbonyl (C=O) groups excluding carboxylic acids is 1. The number of rotatable bonds is 4. The lowest BCUT2D eigenvalue weighted by molar-refractivity contribution is -0.125. The molecule has 1 aromatic heterocycles. The molecule has 0 spiro atoms. The van der Waals surface area contributed by atoms with E-state index in [1.165, 1.54) is 12.4 Å². The number of aliphatic hydroxyl groups is 2. The minimum Gasteiger partial charge on any atom is -0.399 e. The molecule has 0 aliphatic carbocycles. The summed E-state index contributed by atoms with van der Waals surface area (Å²) in [4.78, 5) is 19.4. The molecule has 0 saturated carbocycles. The summed E-state index contributed by atoms with van der Waals surface area (Å²) in [7, 11) is -0.585. The third kappa shape index (κ3) is 3.27. The highest BCUT2D eigenvalue weighted by atomic mass is 16.7. The molecule has 9 heteroatoms. The quantitative estimate of drug-likeness (QED) is 0.616. The zero-order valence-corrected chi connectivity index (χ0v) is 13.0. The number of hydrogen-bond acceptors (Lipinski definition) is 7. The van der Waals surface area contributed by atoms with Crippen molar-refractivity contribution in [1.29, 1.82) is 0 Å². The molecule has 3 N–H and O–H groups in total. The summed E-state index contributed by atoms with van der Waals surface area (Å²) in [6.45, 7) is 7.10. The van der Waals surface area contributed by atoms with Crippen LogP contribution >= 0.6 is 0 Å². The molecule has 1 aliphatic rings. The zero-order chi connectivity index (χ0) is 16.5. The molecular formula is C13H20BN3O5. The van der Waals surface area contributed by atoms with Crippen LogP contribution in [0.15, 0.2) is 12.4 Å². The first kappa shape index (κ1) is 16.8. The normalized spacial score (nSPS) is 20.7. The van der Waals surface area contributed by atoms with Gasteiger partial charge in [-0.3, -0.25) is 10.1 Å². The van der Waals surface area contributed by atoms with Crippen LogP contribution in [0.25, 0.3) is 0 Å². The molecule has 1 saturated heterocycles. The van der Waals surface area contributed by atoms with Crippen LogP contribution in [-0.2, 0) is 14.1 Å². The average molecular weight is 309 g/mol. The van der Waals surface area contributed by atoms with Crippen molar-refractivity contribution in [3.63, 3.8) is 0 Å². The molecule has 1 aromatic rings. The second kappa shape index (κ2) is 5.92. The highest BCUT2D eigenvalue weighted by Gasteiger charge is 2.51. The van der Waals surface area contributed by atoms with Crippen molar-refractivity contribution in [2.45, 2.75) is 45.0 Å². The highest BCUT2D eigenvalue weighted by Crippen LogP contribution is 2.36. The summed E-state index contributed by atoms with van der Waals surface area (Å²) in [5.41, 5.74) is -0.301. The Hall–Kier alpha value is -1.55. The second-order valence-corrected chi connectivity index (χ2v) is 6.12. The minimum atomic E-state index is -1.51. The SMILES string of the molecule is CC1(C)OB(c2cnc(NC(=O)[C@@H](O)CO)nc2)OC1(C)C. The van der Waals surface area contributed by atoms with Gasteiger partial charge in [0.2, 0.25) is 5.95 Å². The molecular weight excluding hydrogens is 289 g/mol. The number of amides is 1. The summed E-state index contributed by atoms with van der Waals surface area (Å²) in [6, 6.07) is 0. The van der Waals surface area contributed by atoms with Gasteiger partial charge in [-0.2, -0.15) is 0 Å². The van der Waals surface area contributed by atoms with Crippen molar-refractivity contribution in [2.24, 2.45) is 0 Å². The Morgan fingerprint density at radius 1 is 1.27 bits per heavy atom. The fourth-order valence-electron chi connectivity index (χ4n) is 1.78. The van der Waals surface area contributed by atoms with E-state index in [1.54, 1.807) is 0 Å². The number of aromatic nitrogens is 2. The van der Waals surface area contributed by atoms with E-state index in [0.717, 1.165) is 0 Å². The lowest BCUT2D eigenvalue weighted by atomic mass is 9.81. The largest absolute Gasteiger partial charge is 0.498 e.